The lowest BCUT2D eigenvalue weighted by atomic mass is 10.0. The molecule has 0 saturated carbocycles. The second kappa shape index (κ2) is 5.53. The van der Waals surface area contributed by atoms with Crippen molar-refractivity contribution in [2.75, 3.05) is 6.54 Å². The SMILES string of the molecule is Cc1ccc(C(=O)N2CCc3c(c(CO)nn3C)C2)cc1F. The van der Waals surface area contributed by atoms with Crippen molar-refractivity contribution in [3.8, 4) is 0 Å². The van der Waals surface area contributed by atoms with Crippen molar-refractivity contribution in [3.05, 3.63) is 52.1 Å². The van der Waals surface area contributed by atoms with E-state index in [2.05, 4.69) is 5.10 Å². The summed E-state index contributed by atoms with van der Waals surface area (Å²) in [7, 11) is 1.84. The minimum absolute atomic E-state index is 0.148. The molecule has 2 aromatic rings. The highest BCUT2D eigenvalue weighted by atomic mass is 19.1. The molecule has 1 aliphatic rings. The van der Waals surface area contributed by atoms with Crippen LogP contribution >= 0.6 is 0 Å². The summed E-state index contributed by atoms with van der Waals surface area (Å²) in [6, 6.07) is 4.54. The van der Waals surface area contributed by atoms with E-state index in [-0.39, 0.29) is 18.3 Å². The molecule has 116 valence electrons. The lowest BCUT2D eigenvalue weighted by Crippen LogP contribution is -2.36. The van der Waals surface area contributed by atoms with Gasteiger partial charge in [0.25, 0.3) is 5.91 Å². The van der Waals surface area contributed by atoms with E-state index in [0.29, 0.717) is 36.3 Å². The van der Waals surface area contributed by atoms with E-state index in [4.69, 9.17) is 0 Å². The van der Waals surface area contributed by atoms with Crippen molar-refractivity contribution in [2.45, 2.75) is 26.5 Å². The van der Waals surface area contributed by atoms with E-state index in [0.717, 1.165) is 11.3 Å². The zero-order chi connectivity index (χ0) is 15.9. The van der Waals surface area contributed by atoms with Crippen LogP contribution in [0.25, 0.3) is 0 Å². The van der Waals surface area contributed by atoms with E-state index in [1.54, 1.807) is 28.6 Å². The number of aliphatic hydroxyl groups is 1. The normalized spacial score (nSPS) is 14.1. The molecule has 1 aromatic heterocycles. The predicted molar refractivity (Wildman–Crippen MR) is 78.7 cm³/mol. The molecule has 1 aromatic carbocycles. The molecule has 1 amide bonds. The molecular weight excluding hydrogens is 285 g/mol. The van der Waals surface area contributed by atoms with Crippen molar-refractivity contribution in [3.63, 3.8) is 0 Å². The average molecular weight is 303 g/mol. The zero-order valence-corrected chi connectivity index (χ0v) is 12.6. The highest BCUT2D eigenvalue weighted by molar-refractivity contribution is 5.94. The topological polar surface area (TPSA) is 58.4 Å². The van der Waals surface area contributed by atoms with Gasteiger partial charge in [0.2, 0.25) is 0 Å². The molecule has 5 nitrogen and oxygen atoms in total. The Balaban J connectivity index is 1.87. The maximum absolute atomic E-state index is 13.7. The maximum atomic E-state index is 13.7. The summed E-state index contributed by atoms with van der Waals surface area (Å²) >= 11 is 0. The van der Waals surface area contributed by atoms with Crippen molar-refractivity contribution >= 4 is 5.91 Å². The molecule has 0 spiro atoms. The Morgan fingerprint density at radius 3 is 2.91 bits per heavy atom. The number of hydrogen-bond acceptors (Lipinski definition) is 3. The van der Waals surface area contributed by atoms with Gasteiger partial charge in [0.05, 0.1) is 12.3 Å². The van der Waals surface area contributed by atoms with Gasteiger partial charge in [-0.25, -0.2) is 4.39 Å². The van der Waals surface area contributed by atoms with Crippen molar-refractivity contribution in [1.29, 1.82) is 0 Å². The summed E-state index contributed by atoms with van der Waals surface area (Å²) in [5.41, 5.74) is 3.42. The minimum Gasteiger partial charge on any atom is -0.390 e. The van der Waals surface area contributed by atoms with Gasteiger partial charge < -0.3 is 10.0 Å². The van der Waals surface area contributed by atoms with Gasteiger partial charge in [-0.3, -0.25) is 9.48 Å². The maximum Gasteiger partial charge on any atom is 0.254 e. The van der Waals surface area contributed by atoms with Crippen LogP contribution in [0.15, 0.2) is 18.2 Å². The monoisotopic (exact) mass is 303 g/mol. The van der Waals surface area contributed by atoms with Crippen LogP contribution in [-0.2, 0) is 26.6 Å². The van der Waals surface area contributed by atoms with Gasteiger partial charge in [-0.2, -0.15) is 5.10 Å². The Labute approximate surface area is 128 Å². The molecule has 1 aliphatic heterocycles. The molecule has 6 heteroatoms. The molecule has 3 rings (SSSR count). The van der Waals surface area contributed by atoms with Gasteiger partial charge in [-0.05, 0) is 24.6 Å². The fourth-order valence-electron chi connectivity index (χ4n) is 2.88. The number of aromatic nitrogens is 2. The van der Waals surface area contributed by atoms with Crippen LogP contribution in [0.1, 0.15) is 32.9 Å². The number of fused-ring (bicyclic) bond motifs is 1. The van der Waals surface area contributed by atoms with Crippen LogP contribution in [0, 0.1) is 12.7 Å². The number of rotatable bonds is 2. The number of aryl methyl sites for hydroxylation is 2. The van der Waals surface area contributed by atoms with Crippen LogP contribution in [0.4, 0.5) is 4.39 Å². The minimum atomic E-state index is -0.374. The Kier molecular flexibility index (Phi) is 3.70. The summed E-state index contributed by atoms with van der Waals surface area (Å²) in [6.45, 7) is 2.48. The molecule has 0 fully saturated rings. The number of benzene rings is 1. The smallest absolute Gasteiger partial charge is 0.254 e. The van der Waals surface area contributed by atoms with Gasteiger partial charge in [0, 0.05) is 43.4 Å². The Morgan fingerprint density at radius 1 is 1.45 bits per heavy atom. The Hall–Kier alpha value is -2.21. The van der Waals surface area contributed by atoms with Gasteiger partial charge in [0.1, 0.15) is 5.82 Å². The van der Waals surface area contributed by atoms with Crippen molar-refractivity contribution in [2.24, 2.45) is 7.05 Å². The molecule has 0 bridgehead atoms. The number of nitrogens with zero attached hydrogens (tertiary/aromatic N) is 3. The molecule has 0 radical (unpaired) electrons. The summed E-state index contributed by atoms with van der Waals surface area (Å²) in [5, 5.41) is 13.7. The first kappa shape index (κ1) is 14.7. The van der Waals surface area contributed by atoms with E-state index >= 15 is 0 Å². The third-order valence-electron chi connectivity index (χ3n) is 4.18. The highest BCUT2D eigenvalue weighted by Gasteiger charge is 2.27. The molecule has 0 saturated heterocycles. The van der Waals surface area contributed by atoms with Crippen LogP contribution in [0.2, 0.25) is 0 Å². The summed E-state index contributed by atoms with van der Waals surface area (Å²) in [4.78, 5) is 14.2. The quantitative estimate of drug-likeness (QED) is 0.916. The number of halogens is 1. The van der Waals surface area contributed by atoms with Crippen molar-refractivity contribution in [1.82, 2.24) is 14.7 Å². The van der Waals surface area contributed by atoms with Crippen LogP contribution < -0.4 is 0 Å². The molecule has 0 aliphatic carbocycles. The van der Waals surface area contributed by atoms with Gasteiger partial charge >= 0.3 is 0 Å². The average Bonchev–Trinajstić information content (AvgIpc) is 2.85. The molecule has 0 atom stereocenters. The number of amides is 1. The summed E-state index contributed by atoms with van der Waals surface area (Å²) < 4.78 is 15.4. The number of hydrogen-bond donors (Lipinski definition) is 1. The molecule has 22 heavy (non-hydrogen) atoms. The summed E-state index contributed by atoms with van der Waals surface area (Å²) in [5.74, 6) is -0.571. The molecule has 0 unspecified atom stereocenters. The van der Waals surface area contributed by atoms with E-state index < -0.39 is 0 Å². The zero-order valence-electron chi connectivity index (χ0n) is 12.6. The first-order valence-corrected chi connectivity index (χ1v) is 7.21. The third-order valence-corrected chi connectivity index (χ3v) is 4.18. The Bertz CT molecular complexity index is 739. The van der Waals surface area contributed by atoms with Gasteiger partial charge in [-0.1, -0.05) is 6.07 Å². The number of carbonyl (C=O) groups is 1. The lowest BCUT2D eigenvalue weighted by Gasteiger charge is -2.27. The Morgan fingerprint density at radius 2 is 2.23 bits per heavy atom. The van der Waals surface area contributed by atoms with Crippen molar-refractivity contribution < 1.29 is 14.3 Å². The van der Waals surface area contributed by atoms with E-state index in [9.17, 15) is 14.3 Å². The molecular formula is C16H18FN3O2. The van der Waals surface area contributed by atoms with Gasteiger partial charge in [0.15, 0.2) is 0 Å². The van der Waals surface area contributed by atoms with Crippen LogP contribution in [0.5, 0.6) is 0 Å². The second-order valence-electron chi connectivity index (χ2n) is 5.59. The fraction of sp³-hybridized carbons (Fsp3) is 0.375. The number of carbonyl (C=O) groups excluding carboxylic acids is 1. The van der Waals surface area contributed by atoms with Crippen LogP contribution in [0.3, 0.4) is 0 Å². The highest BCUT2D eigenvalue weighted by Crippen LogP contribution is 2.24. The molecule has 2 heterocycles. The molecule has 1 N–H and O–H groups in total. The largest absolute Gasteiger partial charge is 0.390 e. The number of aliphatic hydroxyl groups excluding tert-OH is 1. The lowest BCUT2D eigenvalue weighted by molar-refractivity contribution is 0.0731. The first-order chi connectivity index (χ1) is 10.5. The predicted octanol–water partition coefficient (Wildman–Crippen LogP) is 1.56. The van der Waals surface area contributed by atoms with Crippen LogP contribution in [-0.4, -0.2) is 32.2 Å². The van der Waals surface area contributed by atoms with E-state index in [1.165, 1.54) is 6.07 Å². The third kappa shape index (κ3) is 2.39. The van der Waals surface area contributed by atoms with E-state index in [1.807, 2.05) is 7.05 Å². The summed E-state index contributed by atoms with van der Waals surface area (Å²) in [6.07, 6.45) is 0.679. The second-order valence-corrected chi connectivity index (χ2v) is 5.59. The first-order valence-electron chi connectivity index (χ1n) is 7.21. The van der Waals surface area contributed by atoms with Gasteiger partial charge in [-0.15, -0.1) is 0 Å². The fourth-order valence-corrected chi connectivity index (χ4v) is 2.88. The standard InChI is InChI=1S/C16H18FN3O2/c1-10-3-4-11(7-13(10)17)16(22)20-6-5-15-12(8-20)14(9-21)18-19(15)2/h3-4,7,21H,5-6,8-9H2,1-2H3.